The van der Waals surface area contributed by atoms with Crippen LogP contribution >= 0.6 is 0 Å². The van der Waals surface area contributed by atoms with Gasteiger partial charge in [0.25, 0.3) is 5.91 Å². The highest BCUT2D eigenvalue weighted by Crippen LogP contribution is 2.28. The molecular weight excluding hydrogens is 382 g/mol. The lowest BCUT2D eigenvalue weighted by Gasteiger charge is -2.17. The summed E-state index contributed by atoms with van der Waals surface area (Å²) >= 11 is 0. The van der Waals surface area contributed by atoms with Gasteiger partial charge in [0, 0.05) is 24.6 Å². The summed E-state index contributed by atoms with van der Waals surface area (Å²) in [6.07, 6.45) is 2.42. The molecule has 2 unspecified atom stereocenters. The number of aromatic nitrogens is 2. The second-order valence-corrected chi connectivity index (χ2v) is 7.36. The van der Waals surface area contributed by atoms with E-state index in [1.54, 1.807) is 12.3 Å². The molecule has 2 aliphatic heterocycles. The molecule has 3 heterocycles. The number of nitrogens with zero attached hydrogens (tertiary/aromatic N) is 2. The van der Waals surface area contributed by atoms with Crippen molar-refractivity contribution in [2.75, 3.05) is 24.2 Å². The summed E-state index contributed by atoms with van der Waals surface area (Å²) in [5.41, 5.74) is 7.90. The second kappa shape index (κ2) is 7.64. The van der Waals surface area contributed by atoms with E-state index >= 15 is 0 Å². The Morgan fingerprint density at radius 1 is 1.13 bits per heavy atom. The molecule has 5 rings (SSSR count). The molecule has 2 aliphatic rings. The van der Waals surface area contributed by atoms with E-state index in [4.69, 9.17) is 15.2 Å². The Balaban J connectivity index is 1.57. The summed E-state index contributed by atoms with van der Waals surface area (Å²) in [4.78, 5) is 21.6. The quantitative estimate of drug-likeness (QED) is 0.529. The van der Waals surface area contributed by atoms with Gasteiger partial charge in [0.15, 0.2) is 11.5 Å². The van der Waals surface area contributed by atoms with Crippen molar-refractivity contribution < 1.29 is 14.3 Å². The third-order valence-corrected chi connectivity index (χ3v) is 5.21. The highest BCUT2D eigenvalue weighted by molar-refractivity contribution is 6.06. The summed E-state index contributed by atoms with van der Waals surface area (Å²) in [7, 11) is 0. The Labute approximate surface area is 173 Å². The van der Waals surface area contributed by atoms with Crippen molar-refractivity contribution in [2.45, 2.75) is 18.6 Å². The molecule has 0 aliphatic carbocycles. The number of fused-ring (bicyclic) bond motifs is 8. The third kappa shape index (κ3) is 3.65. The number of ether oxygens (including phenoxy) is 2. The number of carbonyl (C=O) groups is 1. The number of nitrogens with two attached hydrogens (primary N) is 1. The number of benzene rings is 2. The fourth-order valence-electron chi connectivity index (χ4n) is 3.69. The Kier molecular flexibility index (Phi) is 4.68. The van der Waals surface area contributed by atoms with Crippen LogP contribution < -0.4 is 25.8 Å². The Morgan fingerprint density at radius 2 is 2.03 bits per heavy atom. The van der Waals surface area contributed by atoms with Crippen molar-refractivity contribution in [3.05, 3.63) is 60.4 Å². The molecular formula is C22H21N5O3. The van der Waals surface area contributed by atoms with Gasteiger partial charge in [0.1, 0.15) is 24.2 Å². The van der Waals surface area contributed by atoms with E-state index in [1.807, 2.05) is 42.5 Å². The number of hydrogen-bond donors (Lipinski definition) is 3. The maximum atomic E-state index is 12.9. The molecule has 1 amide bonds. The van der Waals surface area contributed by atoms with Crippen molar-refractivity contribution >= 4 is 17.4 Å². The first-order valence-corrected chi connectivity index (χ1v) is 9.82. The molecule has 8 nitrogen and oxygen atoms in total. The van der Waals surface area contributed by atoms with Gasteiger partial charge in [-0.1, -0.05) is 24.3 Å². The number of hydrogen-bond acceptors (Lipinski definition) is 7. The van der Waals surface area contributed by atoms with E-state index in [0.717, 1.165) is 24.3 Å². The molecule has 6 bridgehead atoms. The number of nitrogens with one attached hydrogen (secondary N) is 2. The Morgan fingerprint density at radius 3 is 2.97 bits per heavy atom. The lowest BCUT2D eigenvalue weighted by atomic mass is 10.1. The summed E-state index contributed by atoms with van der Waals surface area (Å²) in [5, 5.41) is 6.29. The highest BCUT2D eigenvalue weighted by atomic mass is 16.5. The third-order valence-electron chi connectivity index (χ3n) is 5.21. The van der Waals surface area contributed by atoms with E-state index in [0.29, 0.717) is 23.7 Å². The van der Waals surface area contributed by atoms with Gasteiger partial charge in [-0.3, -0.25) is 4.79 Å². The van der Waals surface area contributed by atoms with Crippen molar-refractivity contribution in [1.82, 2.24) is 15.3 Å². The topological polar surface area (TPSA) is 111 Å². The van der Waals surface area contributed by atoms with Gasteiger partial charge < -0.3 is 25.8 Å². The normalized spacial score (nSPS) is 20.5. The van der Waals surface area contributed by atoms with Crippen molar-refractivity contribution in [2.24, 2.45) is 0 Å². The Hall–Kier alpha value is -3.65. The van der Waals surface area contributed by atoms with Crippen LogP contribution in [0.4, 0.5) is 11.5 Å². The fraction of sp³-hybridized carbons (Fsp3) is 0.227. The number of rotatable bonds is 0. The highest BCUT2D eigenvalue weighted by Gasteiger charge is 2.27. The summed E-state index contributed by atoms with van der Waals surface area (Å²) in [6.45, 7) is 1.20. The summed E-state index contributed by atoms with van der Waals surface area (Å²) in [5.74, 6) is 0.932. The maximum absolute atomic E-state index is 12.9. The number of anilines is 2. The average Bonchev–Trinajstić information content (AvgIpc) is 3.20. The van der Waals surface area contributed by atoms with Crippen molar-refractivity contribution in [3.63, 3.8) is 0 Å². The molecule has 152 valence electrons. The number of nitrogen functional groups attached to an aromatic ring is 1. The standard InChI is InChI=1S/C22H21N5O3/c23-21-20-22(28)27-17-6-1-2-7-19(17)29-12-14-9-16(10-24-14)30-15-5-3-4-13(8-15)18(26-20)11-25-21/h1-8,11,14,16,24H,9-10,12H2,(H2,23,25)(H,27,28). The van der Waals surface area contributed by atoms with E-state index in [-0.39, 0.29) is 23.7 Å². The second-order valence-electron chi connectivity index (χ2n) is 7.36. The SMILES string of the molecule is Nc1ncc2nc1C(=O)Nc1ccccc1OCC1CC(CN1)Oc1cccc-2c1. The maximum Gasteiger partial charge on any atom is 0.278 e. The van der Waals surface area contributed by atoms with Crippen LogP contribution in [0.15, 0.2) is 54.7 Å². The molecule has 4 N–H and O–H groups in total. The molecule has 0 radical (unpaired) electrons. The lowest BCUT2D eigenvalue weighted by molar-refractivity contribution is 0.102. The summed E-state index contributed by atoms with van der Waals surface area (Å²) < 4.78 is 12.2. The van der Waals surface area contributed by atoms with Gasteiger partial charge >= 0.3 is 0 Å². The zero-order chi connectivity index (χ0) is 20.5. The van der Waals surface area contributed by atoms with E-state index in [2.05, 4.69) is 20.6 Å². The van der Waals surface area contributed by atoms with Gasteiger partial charge in [0.05, 0.1) is 17.6 Å². The zero-order valence-corrected chi connectivity index (χ0v) is 16.2. The zero-order valence-electron chi connectivity index (χ0n) is 16.2. The minimum absolute atomic E-state index is 0.0461. The molecule has 30 heavy (non-hydrogen) atoms. The van der Waals surface area contributed by atoms with E-state index < -0.39 is 5.91 Å². The van der Waals surface area contributed by atoms with Crippen LogP contribution in [0.2, 0.25) is 0 Å². The summed E-state index contributed by atoms with van der Waals surface area (Å²) in [6, 6.07) is 15.0. The molecule has 2 aromatic carbocycles. The van der Waals surface area contributed by atoms with Gasteiger partial charge in [-0.15, -0.1) is 0 Å². The van der Waals surface area contributed by atoms with Crippen LogP contribution in [-0.2, 0) is 0 Å². The predicted octanol–water partition coefficient (Wildman–Crippen LogP) is 2.48. The molecule has 3 aromatic rings. The first kappa shape index (κ1) is 18.4. The van der Waals surface area contributed by atoms with Gasteiger partial charge in [-0.2, -0.15) is 0 Å². The van der Waals surface area contributed by atoms with E-state index in [9.17, 15) is 4.79 Å². The molecule has 2 atom stereocenters. The smallest absolute Gasteiger partial charge is 0.278 e. The molecule has 1 fully saturated rings. The minimum atomic E-state index is -0.448. The van der Waals surface area contributed by atoms with E-state index in [1.165, 1.54) is 0 Å². The number of carbonyl (C=O) groups excluding carboxylic acids is 1. The van der Waals surface area contributed by atoms with Crippen molar-refractivity contribution in [1.29, 1.82) is 0 Å². The molecule has 8 heteroatoms. The van der Waals surface area contributed by atoms with Gasteiger partial charge in [-0.05, 0) is 24.3 Å². The first-order valence-electron chi connectivity index (χ1n) is 9.82. The van der Waals surface area contributed by atoms with Crippen LogP contribution in [-0.4, -0.2) is 41.2 Å². The molecule has 1 saturated heterocycles. The molecule has 0 spiro atoms. The van der Waals surface area contributed by atoms with Crippen molar-refractivity contribution in [3.8, 4) is 22.8 Å². The minimum Gasteiger partial charge on any atom is -0.490 e. The number of amides is 1. The largest absolute Gasteiger partial charge is 0.490 e. The van der Waals surface area contributed by atoms with Gasteiger partial charge in [-0.25, -0.2) is 9.97 Å². The predicted molar refractivity (Wildman–Crippen MR) is 113 cm³/mol. The first-order chi connectivity index (χ1) is 14.7. The Bertz CT molecular complexity index is 1100. The van der Waals surface area contributed by atoms with Crippen LogP contribution in [0.5, 0.6) is 11.5 Å². The number of para-hydroxylation sites is 2. The monoisotopic (exact) mass is 403 g/mol. The van der Waals surface area contributed by atoms with Crippen LogP contribution in [0.25, 0.3) is 11.3 Å². The van der Waals surface area contributed by atoms with Crippen LogP contribution in [0.3, 0.4) is 0 Å². The molecule has 0 saturated carbocycles. The van der Waals surface area contributed by atoms with Crippen LogP contribution in [0.1, 0.15) is 16.9 Å². The molecule has 1 aromatic heterocycles. The van der Waals surface area contributed by atoms with Crippen LogP contribution in [0, 0.1) is 0 Å². The average molecular weight is 403 g/mol. The lowest BCUT2D eigenvalue weighted by Crippen LogP contribution is -2.28. The fourth-order valence-corrected chi connectivity index (χ4v) is 3.69. The van der Waals surface area contributed by atoms with Gasteiger partial charge in [0.2, 0.25) is 0 Å².